The van der Waals surface area contributed by atoms with E-state index in [2.05, 4.69) is 6.92 Å². The summed E-state index contributed by atoms with van der Waals surface area (Å²) in [4.78, 5) is 21.8. The standard InChI is InChI=1S/C12H18O2/c1-3-5-6-8-12(14)9-11(10-13)7-4-2/h6-8,10H,3-5,9H2,1-2H3. The number of aldehydes is 1. The van der Waals surface area contributed by atoms with Gasteiger partial charge < -0.3 is 0 Å². The van der Waals surface area contributed by atoms with Crippen LogP contribution in [0.3, 0.4) is 0 Å². The van der Waals surface area contributed by atoms with Gasteiger partial charge in [0.15, 0.2) is 5.78 Å². The lowest BCUT2D eigenvalue weighted by atomic mass is 10.1. The quantitative estimate of drug-likeness (QED) is 0.461. The van der Waals surface area contributed by atoms with Gasteiger partial charge in [-0.1, -0.05) is 32.4 Å². The molecule has 0 N–H and O–H groups in total. The van der Waals surface area contributed by atoms with E-state index < -0.39 is 0 Å². The maximum atomic E-state index is 11.3. The molecule has 78 valence electrons. The summed E-state index contributed by atoms with van der Waals surface area (Å²) in [7, 11) is 0. The molecule has 0 radical (unpaired) electrons. The maximum Gasteiger partial charge on any atom is 0.159 e. The zero-order valence-electron chi connectivity index (χ0n) is 8.95. The molecular weight excluding hydrogens is 176 g/mol. The van der Waals surface area contributed by atoms with Gasteiger partial charge in [-0.2, -0.15) is 0 Å². The second kappa shape index (κ2) is 8.42. The molecule has 0 fully saturated rings. The fourth-order valence-corrected chi connectivity index (χ4v) is 1.07. The summed E-state index contributed by atoms with van der Waals surface area (Å²) >= 11 is 0. The highest BCUT2D eigenvalue weighted by Crippen LogP contribution is 2.02. The summed E-state index contributed by atoms with van der Waals surface area (Å²) in [6.07, 6.45) is 8.95. The second-order valence-corrected chi connectivity index (χ2v) is 3.14. The Morgan fingerprint density at radius 2 is 2.00 bits per heavy atom. The van der Waals surface area contributed by atoms with Gasteiger partial charge in [0.2, 0.25) is 0 Å². The molecule has 0 aromatic rings. The van der Waals surface area contributed by atoms with E-state index in [-0.39, 0.29) is 12.2 Å². The van der Waals surface area contributed by atoms with Gasteiger partial charge in [-0.3, -0.25) is 9.59 Å². The monoisotopic (exact) mass is 194 g/mol. The SMILES string of the molecule is CCC=C(C=O)CC(=O)C=CCCC. The summed E-state index contributed by atoms with van der Waals surface area (Å²) < 4.78 is 0. The van der Waals surface area contributed by atoms with Crippen LogP contribution in [0.25, 0.3) is 0 Å². The smallest absolute Gasteiger partial charge is 0.159 e. The summed E-state index contributed by atoms with van der Waals surface area (Å²) in [5.41, 5.74) is 0.582. The van der Waals surface area contributed by atoms with Crippen LogP contribution < -0.4 is 0 Å². The van der Waals surface area contributed by atoms with E-state index >= 15 is 0 Å². The van der Waals surface area contributed by atoms with Gasteiger partial charge >= 0.3 is 0 Å². The molecule has 0 bridgehead atoms. The lowest BCUT2D eigenvalue weighted by molar-refractivity contribution is -0.115. The van der Waals surface area contributed by atoms with Crippen LogP contribution in [-0.4, -0.2) is 12.1 Å². The minimum Gasteiger partial charge on any atom is -0.298 e. The first kappa shape index (κ1) is 12.8. The predicted molar refractivity (Wildman–Crippen MR) is 58.1 cm³/mol. The van der Waals surface area contributed by atoms with Crippen molar-refractivity contribution in [2.24, 2.45) is 0 Å². The van der Waals surface area contributed by atoms with Gasteiger partial charge in [-0.25, -0.2) is 0 Å². The van der Waals surface area contributed by atoms with Crippen molar-refractivity contribution in [3.8, 4) is 0 Å². The summed E-state index contributed by atoms with van der Waals surface area (Å²) in [6, 6.07) is 0. The highest BCUT2D eigenvalue weighted by Gasteiger charge is 2.00. The topological polar surface area (TPSA) is 34.1 Å². The number of carbonyl (C=O) groups excluding carboxylic acids is 2. The Bertz CT molecular complexity index is 237. The van der Waals surface area contributed by atoms with Crippen molar-refractivity contribution in [1.29, 1.82) is 0 Å². The van der Waals surface area contributed by atoms with Crippen LogP contribution in [0.4, 0.5) is 0 Å². The molecule has 2 heteroatoms. The van der Waals surface area contributed by atoms with E-state index in [1.807, 2.05) is 13.0 Å². The predicted octanol–water partition coefficient (Wildman–Crippen LogP) is 2.84. The maximum absolute atomic E-state index is 11.3. The highest BCUT2D eigenvalue weighted by molar-refractivity contribution is 5.95. The largest absolute Gasteiger partial charge is 0.298 e. The lowest BCUT2D eigenvalue weighted by Gasteiger charge is -1.94. The summed E-state index contributed by atoms with van der Waals surface area (Å²) in [6.45, 7) is 4.00. The van der Waals surface area contributed by atoms with Crippen LogP contribution in [0.1, 0.15) is 39.5 Å². The van der Waals surface area contributed by atoms with Crippen molar-refractivity contribution < 1.29 is 9.59 Å². The van der Waals surface area contributed by atoms with E-state index in [0.29, 0.717) is 5.57 Å². The highest BCUT2D eigenvalue weighted by atomic mass is 16.1. The van der Waals surface area contributed by atoms with Gasteiger partial charge in [0.25, 0.3) is 0 Å². The van der Waals surface area contributed by atoms with Crippen molar-refractivity contribution in [1.82, 2.24) is 0 Å². The molecule has 0 aromatic heterocycles. The van der Waals surface area contributed by atoms with Crippen LogP contribution in [0.5, 0.6) is 0 Å². The van der Waals surface area contributed by atoms with Gasteiger partial charge in [0, 0.05) is 6.42 Å². The molecule has 2 nitrogen and oxygen atoms in total. The molecule has 0 aliphatic heterocycles. The van der Waals surface area contributed by atoms with Crippen LogP contribution in [0, 0.1) is 0 Å². The van der Waals surface area contributed by atoms with Gasteiger partial charge in [-0.15, -0.1) is 0 Å². The van der Waals surface area contributed by atoms with E-state index in [1.54, 1.807) is 12.2 Å². The molecule has 0 rings (SSSR count). The number of unbranched alkanes of at least 4 members (excludes halogenated alkanes) is 1. The van der Waals surface area contributed by atoms with Crippen molar-refractivity contribution >= 4 is 12.1 Å². The van der Waals surface area contributed by atoms with Crippen LogP contribution in [0.2, 0.25) is 0 Å². The first-order valence-corrected chi connectivity index (χ1v) is 5.08. The molecule has 0 aromatic carbocycles. The van der Waals surface area contributed by atoms with Crippen LogP contribution in [-0.2, 0) is 9.59 Å². The minimum atomic E-state index is 0.00486. The Morgan fingerprint density at radius 3 is 2.50 bits per heavy atom. The Labute approximate surface area is 85.7 Å². The number of carbonyl (C=O) groups is 2. The molecule has 0 saturated heterocycles. The number of hydrogen-bond acceptors (Lipinski definition) is 2. The fourth-order valence-electron chi connectivity index (χ4n) is 1.07. The Kier molecular flexibility index (Phi) is 7.71. The third-order valence-corrected chi connectivity index (χ3v) is 1.76. The van der Waals surface area contributed by atoms with Crippen molar-refractivity contribution in [3.05, 3.63) is 23.8 Å². The minimum absolute atomic E-state index is 0.00486. The molecule has 0 saturated carbocycles. The molecule has 0 spiro atoms. The molecule has 0 heterocycles. The molecule has 0 atom stereocenters. The number of hydrogen-bond donors (Lipinski definition) is 0. The Morgan fingerprint density at radius 1 is 1.29 bits per heavy atom. The lowest BCUT2D eigenvalue weighted by Crippen LogP contribution is -1.96. The van der Waals surface area contributed by atoms with Gasteiger partial charge in [0.1, 0.15) is 6.29 Å². The van der Waals surface area contributed by atoms with Crippen molar-refractivity contribution in [2.45, 2.75) is 39.5 Å². The molecule has 0 unspecified atom stereocenters. The van der Waals surface area contributed by atoms with Crippen molar-refractivity contribution in [3.63, 3.8) is 0 Å². The normalized spacial score (nSPS) is 12.0. The molecule has 0 aliphatic rings. The third kappa shape index (κ3) is 6.35. The first-order chi connectivity index (χ1) is 6.74. The van der Waals surface area contributed by atoms with Crippen LogP contribution in [0.15, 0.2) is 23.8 Å². The molecule has 0 aliphatic carbocycles. The van der Waals surface area contributed by atoms with E-state index in [9.17, 15) is 9.59 Å². The fraction of sp³-hybridized carbons (Fsp3) is 0.500. The Balaban J connectivity index is 4.03. The summed E-state index contributed by atoms with van der Waals surface area (Å²) in [5, 5.41) is 0. The number of rotatable bonds is 7. The van der Waals surface area contributed by atoms with Gasteiger partial charge in [-0.05, 0) is 24.5 Å². The van der Waals surface area contributed by atoms with E-state index in [4.69, 9.17) is 0 Å². The zero-order chi connectivity index (χ0) is 10.8. The average Bonchev–Trinajstić information content (AvgIpc) is 2.17. The average molecular weight is 194 g/mol. The number of ketones is 1. The molecule has 14 heavy (non-hydrogen) atoms. The summed E-state index contributed by atoms with van der Waals surface area (Å²) in [5.74, 6) is 0.00486. The van der Waals surface area contributed by atoms with Crippen molar-refractivity contribution in [2.75, 3.05) is 0 Å². The van der Waals surface area contributed by atoms with E-state index in [1.165, 1.54) is 0 Å². The second-order valence-electron chi connectivity index (χ2n) is 3.14. The van der Waals surface area contributed by atoms with Crippen LogP contribution >= 0.6 is 0 Å². The van der Waals surface area contributed by atoms with Gasteiger partial charge in [0.05, 0.1) is 0 Å². The molecule has 0 amide bonds. The third-order valence-electron chi connectivity index (χ3n) is 1.76. The van der Waals surface area contributed by atoms with E-state index in [0.717, 1.165) is 25.5 Å². The molecular formula is C12H18O2. The Hall–Kier alpha value is -1.18. The number of allylic oxidation sites excluding steroid dienone is 4. The first-order valence-electron chi connectivity index (χ1n) is 5.08. The zero-order valence-corrected chi connectivity index (χ0v) is 8.95.